The highest BCUT2D eigenvalue weighted by Gasteiger charge is 2.33. The van der Waals surface area contributed by atoms with Crippen molar-refractivity contribution in [1.82, 2.24) is 0 Å². The molecule has 1 aromatic rings. The van der Waals surface area contributed by atoms with Gasteiger partial charge in [-0.15, -0.1) is 0 Å². The summed E-state index contributed by atoms with van der Waals surface area (Å²) in [4.78, 5) is 0.490. The molecule has 0 bridgehead atoms. The number of hydrogen-bond acceptors (Lipinski definition) is 3. The Labute approximate surface area is 127 Å². The van der Waals surface area contributed by atoms with Crippen molar-refractivity contribution in [3.63, 3.8) is 0 Å². The number of sulfone groups is 1. The number of fused-ring (bicyclic) bond motifs is 1. The molecule has 2 N–H and O–H groups in total. The molecule has 0 saturated heterocycles. The molecule has 1 aromatic carbocycles. The monoisotopic (exact) mass is 307 g/mol. The highest BCUT2D eigenvalue weighted by atomic mass is 32.2. The largest absolute Gasteiger partial charge is 0.327 e. The van der Waals surface area contributed by atoms with E-state index in [1.165, 1.54) is 17.5 Å². The first kappa shape index (κ1) is 15.0. The van der Waals surface area contributed by atoms with E-state index in [0.717, 1.165) is 44.9 Å². The Balaban J connectivity index is 1.91. The fraction of sp³-hybridized carbons (Fsp3) is 0.647. The lowest BCUT2D eigenvalue weighted by Crippen LogP contribution is -2.41. The van der Waals surface area contributed by atoms with Crippen LogP contribution in [0.2, 0.25) is 0 Å². The predicted octanol–water partition coefficient (Wildman–Crippen LogP) is 3.00. The highest BCUT2D eigenvalue weighted by Crippen LogP contribution is 2.30. The molecule has 2 atom stereocenters. The summed E-state index contributed by atoms with van der Waals surface area (Å²) in [5.41, 5.74) is 8.74. The highest BCUT2D eigenvalue weighted by molar-refractivity contribution is 7.92. The van der Waals surface area contributed by atoms with Crippen LogP contribution in [-0.2, 0) is 22.7 Å². The average Bonchev–Trinajstić information content (AvgIpc) is 2.90. The summed E-state index contributed by atoms with van der Waals surface area (Å²) in [6, 6.07) is 5.49. The van der Waals surface area contributed by atoms with E-state index in [9.17, 15) is 8.42 Å². The molecule has 0 heterocycles. The molecule has 21 heavy (non-hydrogen) atoms. The van der Waals surface area contributed by atoms with Crippen molar-refractivity contribution in [3.8, 4) is 0 Å². The summed E-state index contributed by atoms with van der Waals surface area (Å²) < 4.78 is 26.0. The molecule has 1 fully saturated rings. The van der Waals surface area contributed by atoms with E-state index in [0.29, 0.717) is 11.3 Å². The minimum Gasteiger partial charge on any atom is -0.327 e. The van der Waals surface area contributed by atoms with Crippen molar-refractivity contribution in [2.24, 2.45) is 5.73 Å². The molecule has 3 nitrogen and oxygen atoms in total. The van der Waals surface area contributed by atoms with Crippen LogP contribution in [0.4, 0.5) is 0 Å². The van der Waals surface area contributed by atoms with Crippen molar-refractivity contribution < 1.29 is 8.42 Å². The molecule has 1 saturated carbocycles. The zero-order valence-electron chi connectivity index (χ0n) is 12.6. The second-order valence-electron chi connectivity index (χ2n) is 6.52. The molecule has 2 unspecified atom stereocenters. The van der Waals surface area contributed by atoms with Gasteiger partial charge in [-0.25, -0.2) is 8.42 Å². The maximum absolute atomic E-state index is 13.0. The number of hydrogen-bond donors (Lipinski definition) is 1. The van der Waals surface area contributed by atoms with Crippen LogP contribution in [0.1, 0.15) is 56.1 Å². The van der Waals surface area contributed by atoms with E-state index < -0.39 is 15.1 Å². The van der Waals surface area contributed by atoms with Gasteiger partial charge in [-0.1, -0.05) is 31.7 Å². The van der Waals surface area contributed by atoms with Crippen LogP contribution < -0.4 is 5.73 Å². The van der Waals surface area contributed by atoms with Gasteiger partial charge in [-0.3, -0.25) is 0 Å². The van der Waals surface area contributed by atoms with Crippen LogP contribution in [0, 0.1) is 0 Å². The first-order valence-electron chi connectivity index (χ1n) is 8.20. The molecular formula is C17H25NO2S. The minimum atomic E-state index is -3.30. The molecule has 4 heteroatoms. The van der Waals surface area contributed by atoms with Crippen LogP contribution in [0.3, 0.4) is 0 Å². The van der Waals surface area contributed by atoms with Gasteiger partial charge in [0.15, 0.2) is 9.84 Å². The maximum atomic E-state index is 13.0. The Kier molecular flexibility index (Phi) is 4.36. The Bertz CT molecular complexity index is 609. The second kappa shape index (κ2) is 6.09. The first-order chi connectivity index (χ1) is 10.1. The fourth-order valence-electron chi connectivity index (χ4n) is 3.76. The van der Waals surface area contributed by atoms with Gasteiger partial charge in [0.2, 0.25) is 0 Å². The minimum absolute atomic E-state index is 0.219. The van der Waals surface area contributed by atoms with Crippen LogP contribution >= 0.6 is 0 Å². The predicted molar refractivity (Wildman–Crippen MR) is 85.1 cm³/mol. The van der Waals surface area contributed by atoms with E-state index in [-0.39, 0.29) is 6.04 Å². The standard InChI is InChI=1S/C17H25NO2S/c18-16-8-3-1-2-4-9-17(16)21(19,20)15-11-10-13-6-5-7-14(13)12-15/h10-12,16-17H,1-9,18H2. The summed E-state index contributed by atoms with van der Waals surface area (Å²) in [5, 5.41) is -0.405. The molecule has 0 amide bonds. The molecule has 3 rings (SSSR count). The molecule has 2 aliphatic rings. The Hall–Kier alpha value is -0.870. The maximum Gasteiger partial charge on any atom is 0.182 e. The van der Waals surface area contributed by atoms with E-state index in [2.05, 4.69) is 0 Å². The van der Waals surface area contributed by atoms with E-state index in [1.807, 2.05) is 12.1 Å². The fourth-order valence-corrected chi connectivity index (χ4v) is 5.75. The zero-order valence-corrected chi connectivity index (χ0v) is 13.4. The van der Waals surface area contributed by atoms with Gasteiger partial charge >= 0.3 is 0 Å². The van der Waals surface area contributed by atoms with Crippen molar-refractivity contribution in [2.75, 3.05) is 0 Å². The molecule has 0 spiro atoms. The Morgan fingerprint density at radius 2 is 1.62 bits per heavy atom. The Morgan fingerprint density at radius 3 is 2.43 bits per heavy atom. The second-order valence-corrected chi connectivity index (χ2v) is 8.69. The molecule has 0 radical (unpaired) electrons. The third kappa shape index (κ3) is 3.02. The summed E-state index contributed by atoms with van der Waals surface area (Å²) in [7, 11) is -3.30. The van der Waals surface area contributed by atoms with E-state index >= 15 is 0 Å². The van der Waals surface area contributed by atoms with Crippen LogP contribution in [0.15, 0.2) is 23.1 Å². The van der Waals surface area contributed by atoms with Crippen LogP contribution in [0.5, 0.6) is 0 Å². The van der Waals surface area contributed by atoms with Gasteiger partial charge in [0.05, 0.1) is 10.1 Å². The van der Waals surface area contributed by atoms with E-state index in [1.54, 1.807) is 6.07 Å². The topological polar surface area (TPSA) is 60.2 Å². The molecular weight excluding hydrogens is 282 g/mol. The Morgan fingerprint density at radius 1 is 0.905 bits per heavy atom. The molecule has 116 valence electrons. The van der Waals surface area contributed by atoms with Gasteiger partial charge in [0.1, 0.15) is 0 Å². The number of rotatable bonds is 2. The SMILES string of the molecule is NC1CCCCCCC1S(=O)(=O)c1ccc2c(c1)CCC2. The summed E-state index contributed by atoms with van der Waals surface area (Å²) in [6.07, 6.45) is 9.10. The van der Waals surface area contributed by atoms with Crippen molar-refractivity contribution in [3.05, 3.63) is 29.3 Å². The third-order valence-electron chi connectivity index (χ3n) is 5.05. The van der Waals surface area contributed by atoms with Gasteiger partial charge in [0.25, 0.3) is 0 Å². The lowest BCUT2D eigenvalue weighted by atomic mass is 9.97. The van der Waals surface area contributed by atoms with Crippen molar-refractivity contribution >= 4 is 9.84 Å². The molecule has 0 aromatic heterocycles. The number of benzene rings is 1. The number of nitrogens with two attached hydrogens (primary N) is 1. The summed E-state index contributed by atoms with van der Waals surface area (Å²) in [6.45, 7) is 0. The molecule has 2 aliphatic carbocycles. The third-order valence-corrected chi connectivity index (χ3v) is 7.34. The van der Waals surface area contributed by atoms with Gasteiger partial charge in [0, 0.05) is 6.04 Å². The first-order valence-corrected chi connectivity index (χ1v) is 9.75. The van der Waals surface area contributed by atoms with Crippen molar-refractivity contribution in [1.29, 1.82) is 0 Å². The van der Waals surface area contributed by atoms with E-state index in [4.69, 9.17) is 5.73 Å². The van der Waals surface area contributed by atoms with Crippen molar-refractivity contribution in [2.45, 2.75) is 74.0 Å². The van der Waals surface area contributed by atoms with Gasteiger partial charge < -0.3 is 5.73 Å². The summed E-state index contributed by atoms with van der Waals surface area (Å²) in [5.74, 6) is 0. The van der Waals surface area contributed by atoms with Crippen LogP contribution in [-0.4, -0.2) is 19.7 Å². The lowest BCUT2D eigenvalue weighted by Gasteiger charge is -2.26. The number of aryl methyl sites for hydroxylation is 2. The average molecular weight is 307 g/mol. The van der Waals surface area contributed by atoms with Crippen LogP contribution in [0.25, 0.3) is 0 Å². The lowest BCUT2D eigenvalue weighted by molar-refractivity contribution is 0.444. The normalized spacial score (nSPS) is 26.9. The van der Waals surface area contributed by atoms with Gasteiger partial charge in [-0.05, 0) is 55.4 Å². The van der Waals surface area contributed by atoms with Gasteiger partial charge in [-0.2, -0.15) is 0 Å². The smallest absolute Gasteiger partial charge is 0.182 e. The zero-order chi connectivity index (χ0) is 14.9. The molecule has 0 aliphatic heterocycles. The quantitative estimate of drug-likeness (QED) is 0.913. The summed E-state index contributed by atoms with van der Waals surface area (Å²) >= 11 is 0.